The van der Waals surface area contributed by atoms with Gasteiger partial charge in [0.25, 0.3) is 0 Å². The van der Waals surface area contributed by atoms with Crippen LogP contribution >= 0.6 is 11.8 Å². The van der Waals surface area contributed by atoms with Crippen LogP contribution in [0.4, 0.5) is 11.4 Å². The Morgan fingerprint density at radius 2 is 1.89 bits per heavy atom. The molecule has 0 aliphatic carbocycles. The molecule has 0 bridgehead atoms. The topological polar surface area (TPSA) is 42.7 Å². The second-order valence-electron chi connectivity index (χ2n) is 6.51. The first-order valence-corrected chi connectivity index (χ1v) is 9.74. The van der Waals surface area contributed by atoms with Crippen LogP contribution in [0.25, 0.3) is 16.6 Å². The van der Waals surface area contributed by atoms with E-state index < -0.39 is 0 Å². The Hall–Kier alpha value is -3.05. The summed E-state index contributed by atoms with van der Waals surface area (Å²) in [6, 6.07) is 16.9. The van der Waals surface area contributed by atoms with Crippen LogP contribution in [-0.4, -0.2) is 14.8 Å². The molecule has 27 heavy (non-hydrogen) atoms. The molecule has 0 fully saturated rings. The van der Waals surface area contributed by atoms with Crippen LogP contribution in [0.5, 0.6) is 0 Å². The van der Waals surface area contributed by atoms with E-state index in [0.717, 1.165) is 45.7 Å². The van der Waals surface area contributed by atoms with Crippen LogP contribution in [0.15, 0.2) is 77.3 Å². The van der Waals surface area contributed by atoms with Gasteiger partial charge in [0.1, 0.15) is 0 Å². The smallest absolute Gasteiger partial charge is 0.157 e. The lowest BCUT2D eigenvalue weighted by Gasteiger charge is -2.21. The van der Waals surface area contributed by atoms with Gasteiger partial charge in [-0.2, -0.15) is 5.10 Å². The Bertz CT molecular complexity index is 1190. The van der Waals surface area contributed by atoms with E-state index in [1.165, 1.54) is 9.79 Å². The van der Waals surface area contributed by atoms with Crippen molar-refractivity contribution in [3.05, 3.63) is 78.6 Å². The number of aryl methyl sites for hydroxylation is 1. The van der Waals surface area contributed by atoms with Crippen LogP contribution < -0.4 is 5.32 Å². The molecule has 0 spiro atoms. The number of nitrogens with zero attached hydrogens (tertiary/aromatic N) is 3. The third-order valence-corrected chi connectivity index (χ3v) is 5.98. The maximum Gasteiger partial charge on any atom is 0.157 e. The van der Waals surface area contributed by atoms with Crippen molar-refractivity contribution in [2.45, 2.75) is 23.3 Å². The van der Waals surface area contributed by atoms with Gasteiger partial charge < -0.3 is 5.32 Å². The highest BCUT2D eigenvalue weighted by atomic mass is 32.2. The minimum Gasteiger partial charge on any atom is -0.354 e. The number of benzene rings is 2. The summed E-state index contributed by atoms with van der Waals surface area (Å²) >= 11 is 1.79. The van der Waals surface area contributed by atoms with E-state index in [1.54, 1.807) is 11.8 Å². The molecule has 1 aliphatic rings. The Morgan fingerprint density at radius 3 is 2.78 bits per heavy atom. The van der Waals surface area contributed by atoms with Gasteiger partial charge in [-0.05, 0) is 48.4 Å². The van der Waals surface area contributed by atoms with Gasteiger partial charge in [0, 0.05) is 33.5 Å². The van der Waals surface area contributed by atoms with Crippen LogP contribution in [0.2, 0.25) is 0 Å². The van der Waals surface area contributed by atoms with Gasteiger partial charge in [-0.1, -0.05) is 36.5 Å². The SMILES string of the molecule is C=C(c1ccc2c(c1)Nc1ccccc1S2)c1cnc2c(cnn2CC)c1. The molecule has 0 atom stereocenters. The molecule has 3 heterocycles. The first-order chi connectivity index (χ1) is 13.2. The van der Waals surface area contributed by atoms with Crippen LogP contribution in [0.3, 0.4) is 0 Å². The Morgan fingerprint density at radius 1 is 1.04 bits per heavy atom. The molecule has 4 nitrogen and oxygen atoms in total. The minimum absolute atomic E-state index is 0.812. The number of anilines is 2. The second kappa shape index (κ2) is 6.28. The summed E-state index contributed by atoms with van der Waals surface area (Å²) in [7, 11) is 0. The van der Waals surface area contributed by atoms with Gasteiger partial charge in [-0.15, -0.1) is 0 Å². The summed E-state index contributed by atoms with van der Waals surface area (Å²) in [6.07, 6.45) is 3.75. The summed E-state index contributed by atoms with van der Waals surface area (Å²) in [5.41, 5.74) is 6.24. The van der Waals surface area contributed by atoms with Crippen LogP contribution in [-0.2, 0) is 6.54 Å². The number of pyridine rings is 1. The number of aromatic nitrogens is 3. The minimum atomic E-state index is 0.812. The summed E-state index contributed by atoms with van der Waals surface area (Å²) in [4.78, 5) is 7.07. The molecule has 0 unspecified atom stereocenters. The predicted molar refractivity (Wildman–Crippen MR) is 112 cm³/mol. The van der Waals surface area contributed by atoms with Crippen molar-refractivity contribution in [2.24, 2.45) is 0 Å². The van der Waals surface area contributed by atoms with Gasteiger partial charge in [-0.3, -0.25) is 0 Å². The average molecular weight is 370 g/mol. The standard InChI is InChI=1S/C22H18N4S/c1-3-26-22-17(13-24-26)10-16(12-23-22)14(2)15-8-9-21-19(11-15)25-18-6-4-5-7-20(18)27-21/h4-13,25H,2-3H2,1H3. The van der Waals surface area contributed by atoms with Crippen molar-refractivity contribution in [2.75, 3.05) is 5.32 Å². The van der Waals surface area contributed by atoms with Crippen LogP contribution in [0, 0.1) is 0 Å². The second-order valence-corrected chi connectivity index (χ2v) is 7.59. The lowest BCUT2D eigenvalue weighted by Crippen LogP contribution is -2.00. The highest BCUT2D eigenvalue weighted by Gasteiger charge is 2.16. The van der Waals surface area contributed by atoms with E-state index in [9.17, 15) is 0 Å². The zero-order valence-corrected chi connectivity index (χ0v) is 15.8. The first-order valence-electron chi connectivity index (χ1n) is 8.92. The fraction of sp³-hybridized carbons (Fsp3) is 0.0909. The van der Waals surface area contributed by atoms with Gasteiger partial charge >= 0.3 is 0 Å². The molecule has 4 aromatic rings. The van der Waals surface area contributed by atoms with Crippen molar-refractivity contribution in [3.63, 3.8) is 0 Å². The molecule has 2 aromatic carbocycles. The summed E-state index contributed by atoms with van der Waals surface area (Å²) in [6.45, 7) is 7.20. The highest BCUT2D eigenvalue weighted by molar-refractivity contribution is 7.99. The lowest BCUT2D eigenvalue weighted by molar-refractivity contribution is 0.677. The molecule has 0 amide bonds. The normalized spacial score (nSPS) is 12.3. The predicted octanol–water partition coefficient (Wildman–Crippen LogP) is 5.72. The number of fused-ring (bicyclic) bond motifs is 3. The Labute approximate surface area is 161 Å². The van der Waals surface area contributed by atoms with Crippen molar-refractivity contribution < 1.29 is 0 Å². The summed E-state index contributed by atoms with van der Waals surface area (Å²) < 4.78 is 1.90. The molecule has 2 aromatic heterocycles. The fourth-order valence-electron chi connectivity index (χ4n) is 3.36. The lowest BCUT2D eigenvalue weighted by atomic mass is 10.00. The first kappa shape index (κ1) is 16.1. The number of hydrogen-bond acceptors (Lipinski definition) is 4. The zero-order valence-electron chi connectivity index (χ0n) is 14.9. The third kappa shape index (κ3) is 2.71. The van der Waals surface area contributed by atoms with Crippen molar-refractivity contribution in [3.8, 4) is 0 Å². The number of hydrogen-bond donors (Lipinski definition) is 1. The van der Waals surface area contributed by atoms with E-state index in [2.05, 4.69) is 77.4 Å². The van der Waals surface area contributed by atoms with E-state index >= 15 is 0 Å². The van der Waals surface area contributed by atoms with Crippen molar-refractivity contribution in [1.82, 2.24) is 14.8 Å². The summed E-state index contributed by atoms with van der Waals surface area (Å²) in [5, 5.41) is 8.95. The van der Waals surface area contributed by atoms with E-state index in [0.29, 0.717) is 0 Å². The van der Waals surface area contributed by atoms with E-state index in [1.807, 2.05) is 17.1 Å². The molecule has 0 radical (unpaired) electrons. The average Bonchev–Trinajstić information content (AvgIpc) is 3.13. The molecular formula is C22H18N4S. The van der Waals surface area contributed by atoms with Crippen molar-refractivity contribution in [1.29, 1.82) is 0 Å². The number of para-hydroxylation sites is 1. The fourth-order valence-corrected chi connectivity index (χ4v) is 4.33. The van der Waals surface area contributed by atoms with Crippen molar-refractivity contribution >= 4 is 39.7 Å². The number of rotatable bonds is 3. The highest BCUT2D eigenvalue weighted by Crippen LogP contribution is 2.44. The Kier molecular flexibility index (Phi) is 3.76. The van der Waals surface area contributed by atoms with Gasteiger partial charge in [0.05, 0.1) is 17.6 Å². The molecular weight excluding hydrogens is 352 g/mol. The maximum atomic E-state index is 4.60. The quantitative estimate of drug-likeness (QED) is 0.441. The zero-order chi connectivity index (χ0) is 18.4. The molecule has 1 aliphatic heterocycles. The monoisotopic (exact) mass is 370 g/mol. The molecule has 5 rings (SSSR count). The largest absolute Gasteiger partial charge is 0.354 e. The maximum absolute atomic E-state index is 4.60. The molecule has 132 valence electrons. The van der Waals surface area contributed by atoms with Gasteiger partial charge in [0.15, 0.2) is 5.65 Å². The third-order valence-electron chi connectivity index (χ3n) is 4.83. The number of nitrogens with one attached hydrogen (secondary N) is 1. The molecule has 5 heteroatoms. The molecule has 1 N–H and O–H groups in total. The molecule has 0 saturated heterocycles. The summed E-state index contributed by atoms with van der Waals surface area (Å²) in [5.74, 6) is 0. The molecule has 0 saturated carbocycles. The van der Waals surface area contributed by atoms with E-state index in [-0.39, 0.29) is 0 Å². The van der Waals surface area contributed by atoms with Gasteiger partial charge in [0.2, 0.25) is 0 Å². The van der Waals surface area contributed by atoms with Gasteiger partial charge in [-0.25, -0.2) is 9.67 Å². The van der Waals surface area contributed by atoms with Crippen LogP contribution in [0.1, 0.15) is 18.1 Å². The Balaban J connectivity index is 1.49. The van der Waals surface area contributed by atoms with E-state index in [4.69, 9.17) is 0 Å².